The van der Waals surface area contributed by atoms with Crippen LogP contribution in [0.1, 0.15) is 41.6 Å². The van der Waals surface area contributed by atoms with Crippen LogP contribution in [0.5, 0.6) is 17.4 Å². The van der Waals surface area contributed by atoms with Gasteiger partial charge in [0.2, 0.25) is 10.8 Å². The van der Waals surface area contributed by atoms with Crippen LogP contribution < -0.4 is 9.47 Å². The first-order valence-corrected chi connectivity index (χ1v) is 9.95. The quantitative estimate of drug-likeness (QED) is 0.722. The van der Waals surface area contributed by atoms with Crippen molar-refractivity contribution in [3.05, 3.63) is 34.5 Å². The molecule has 0 amide bonds. The number of nitrogens with zero attached hydrogens (tertiary/aromatic N) is 4. The summed E-state index contributed by atoms with van der Waals surface area (Å²) in [4.78, 5) is 8.36. The van der Waals surface area contributed by atoms with Crippen LogP contribution in [-0.2, 0) is 0 Å². The molecule has 0 radical (unpaired) electrons. The molecular formula is C19H24N4O3S. The average molecular weight is 388 g/mol. The van der Waals surface area contributed by atoms with Crippen molar-refractivity contribution in [3.8, 4) is 17.4 Å². The molecule has 1 aliphatic heterocycles. The Bertz CT molecular complexity index is 946. The standard InChI is InChI=1S/C19H24N4O3S/c1-12-20-19-23(21-12)18(24)17(27-19)16(22-9-5-4-6-10-22)14-11-13(25-2)7-8-15(14)26-3/h7-8,11,16,24H,4-6,9-10H2,1-3H3/t16-/m1/s1. The van der Waals surface area contributed by atoms with Crippen molar-refractivity contribution in [1.82, 2.24) is 19.5 Å². The highest BCUT2D eigenvalue weighted by molar-refractivity contribution is 7.17. The van der Waals surface area contributed by atoms with Gasteiger partial charge in [0.25, 0.3) is 0 Å². The fraction of sp³-hybridized carbons (Fsp3) is 0.474. The van der Waals surface area contributed by atoms with Crippen molar-refractivity contribution in [3.63, 3.8) is 0 Å². The van der Waals surface area contributed by atoms with E-state index in [1.165, 1.54) is 22.3 Å². The predicted octanol–water partition coefficient (Wildman–Crippen LogP) is 3.40. The van der Waals surface area contributed by atoms with Gasteiger partial charge in [0.1, 0.15) is 17.3 Å². The lowest BCUT2D eigenvalue weighted by Crippen LogP contribution is -2.34. The first-order chi connectivity index (χ1) is 13.1. The molecule has 1 fully saturated rings. The highest BCUT2D eigenvalue weighted by atomic mass is 32.1. The second-order valence-electron chi connectivity index (χ2n) is 6.75. The molecule has 3 aromatic rings. The van der Waals surface area contributed by atoms with Crippen molar-refractivity contribution < 1.29 is 14.6 Å². The van der Waals surface area contributed by atoms with Gasteiger partial charge in [-0.25, -0.2) is 4.98 Å². The van der Waals surface area contributed by atoms with E-state index >= 15 is 0 Å². The van der Waals surface area contributed by atoms with Crippen molar-refractivity contribution in [1.29, 1.82) is 0 Å². The van der Waals surface area contributed by atoms with E-state index in [2.05, 4.69) is 15.0 Å². The minimum absolute atomic E-state index is 0.135. The van der Waals surface area contributed by atoms with Gasteiger partial charge in [-0.15, -0.1) is 5.10 Å². The number of methoxy groups -OCH3 is 2. The van der Waals surface area contributed by atoms with Crippen LogP contribution >= 0.6 is 11.3 Å². The topological polar surface area (TPSA) is 72.1 Å². The number of rotatable bonds is 5. The molecule has 0 bridgehead atoms. The molecule has 144 valence electrons. The van der Waals surface area contributed by atoms with E-state index in [1.807, 2.05) is 25.1 Å². The van der Waals surface area contributed by atoms with Gasteiger partial charge in [-0.05, 0) is 51.1 Å². The van der Waals surface area contributed by atoms with E-state index in [0.717, 1.165) is 47.9 Å². The van der Waals surface area contributed by atoms with Gasteiger partial charge in [-0.1, -0.05) is 17.8 Å². The summed E-state index contributed by atoms with van der Waals surface area (Å²) in [5.41, 5.74) is 0.982. The Labute approximate surface area is 162 Å². The second kappa shape index (κ2) is 7.36. The number of hydrogen-bond donors (Lipinski definition) is 1. The molecule has 3 heterocycles. The van der Waals surface area contributed by atoms with E-state index in [9.17, 15) is 5.11 Å². The zero-order valence-electron chi connectivity index (χ0n) is 15.8. The van der Waals surface area contributed by atoms with E-state index in [4.69, 9.17) is 9.47 Å². The van der Waals surface area contributed by atoms with Gasteiger partial charge >= 0.3 is 0 Å². The van der Waals surface area contributed by atoms with Gasteiger partial charge in [0, 0.05) is 5.56 Å². The summed E-state index contributed by atoms with van der Waals surface area (Å²) in [7, 11) is 3.33. The predicted molar refractivity (Wildman–Crippen MR) is 104 cm³/mol. The Morgan fingerprint density at radius 1 is 1.15 bits per heavy atom. The zero-order valence-corrected chi connectivity index (χ0v) is 16.6. The van der Waals surface area contributed by atoms with Crippen molar-refractivity contribution in [2.24, 2.45) is 0 Å². The smallest absolute Gasteiger partial charge is 0.230 e. The minimum Gasteiger partial charge on any atom is -0.497 e. The van der Waals surface area contributed by atoms with Crippen LogP contribution in [0.3, 0.4) is 0 Å². The highest BCUT2D eigenvalue weighted by Gasteiger charge is 2.32. The van der Waals surface area contributed by atoms with Crippen LogP contribution in [0.2, 0.25) is 0 Å². The third kappa shape index (κ3) is 3.23. The number of piperidine rings is 1. The molecule has 7 nitrogen and oxygen atoms in total. The van der Waals surface area contributed by atoms with E-state index in [1.54, 1.807) is 14.2 Å². The molecule has 8 heteroatoms. The molecule has 1 atom stereocenters. The Hall–Kier alpha value is -2.32. The Kier molecular flexibility index (Phi) is 4.92. The van der Waals surface area contributed by atoms with Crippen molar-refractivity contribution in [2.45, 2.75) is 32.2 Å². The molecule has 27 heavy (non-hydrogen) atoms. The lowest BCUT2D eigenvalue weighted by molar-refractivity contribution is 0.183. The molecule has 2 aromatic heterocycles. The summed E-state index contributed by atoms with van der Waals surface area (Å²) in [5, 5.41) is 15.2. The number of aromatic hydroxyl groups is 1. The monoisotopic (exact) mass is 388 g/mol. The lowest BCUT2D eigenvalue weighted by Gasteiger charge is -2.35. The first-order valence-electron chi connectivity index (χ1n) is 9.13. The van der Waals surface area contributed by atoms with Crippen molar-refractivity contribution >= 4 is 16.3 Å². The third-order valence-corrected chi connectivity index (χ3v) is 6.11. The van der Waals surface area contributed by atoms with Crippen LogP contribution in [0.15, 0.2) is 18.2 Å². The molecule has 0 saturated carbocycles. The number of likely N-dealkylation sites (tertiary alicyclic amines) is 1. The summed E-state index contributed by atoms with van der Waals surface area (Å²) in [6.45, 7) is 3.76. The Balaban J connectivity index is 1.89. The van der Waals surface area contributed by atoms with Crippen LogP contribution in [0.25, 0.3) is 4.96 Å². The molecule has 0 spiro atoms. The molecule has 0 unspecified atom stereocenters. The van der Waals surface area contributed by atoms with Gasteiger partial charge in [0.05, 0.1) is 25.1 Å². The first kappa shape index (κ1) is 18.1. The highest BCUT2D eigenvalue weighted by Crippen LogP contribution is 2.44. The van der Waals surface area contributed by atoms with Gasteiger partial charge in [-0.3, -0.25) is 4.90 Å². The van der Waals surface area contributed by atoms with E-state index in [0.29, 0.717) is 10.8 Å². The molecule has 0 aliphatic carbocycles. The number of fused-ring (bicyclic) bond motifs is 1. The van der Waals surface area contributed by atoms with Gasteiger partial charge < -0.3 is 14.6 Å². The largest absolute Gasteiger partial charge is 0.497 e. The summed E-state index contributed by atoms with van der Waals surface area (Å²) in [6.07, 6.45) is 3.52. The molecule has 1 aromatic carbocycles. The summed E-state index contributed by atoms with van der Waals surface area (Å²) in [6, 6.07) is 5.67. The van der Waals surface area contributed by atoms with Crippen LogP contribution in [0.4, 0.5) is 0 Å². The number of benzene rings is 1. The maximum absolute atomic E-state index is 10.9. The van der Waals surface area contributed by atoms with Crippen molar-refractivity contribution in [2.75, 3.05) is 27.3 Å². The van der Waals surface area contributed by atoms with Gasteiger partial charge in [0.15, 0.2) is 0 Å². The molecule has 1 N–H and O–H groups in total. The maximum Gasteiger partial charge on any atom is 0.230 e. The second-order valence-corrected chi connectivity index (χ2v) is 7.76. The number of ether oxygens (including phenoxy) is 2. The number of aryl methyl sites for hydroxylation is 1. The third-order valence-electron chi connectivity index (χ3n) is 5.04. The molecule has 1 aliphatic rings. The normalized spacial score (nSPS) is 16.6. The fourth-order valence-electron chi connectivity index (χ4n) is 3.76. The lowest BCUT2D eigenvalue weighted by atomic mass is 9.99. The zero-order chi connectivity index (χ0) is 19.0. The van der Waals surface area contributed by atoms with Crippen LogP contribution in [-0.4, -0.2) is 51.9 Å². The Morgan fingerprint density at radius 3 is 2.59 bits per heavy atom. The van der Waals surface area contributed by atoms with E-state index < -0.39 is 0 Å². The summed E-state index contributed by atoms with van der Waals surface area (Å²) < 4.78 is 12.6. The number of hydrogen-bond acceptors (Lipinski definition) is 7. The van der Waals surface area contributed by atoms with E-state index in [-0.39, 0.29) is 11.9 Å². The molecular weight excluding hydrogens is 364 g/mol. The van der Waals surface area contributed by atoms with Gasteiger partial charge in [-0.2, -0.15) is 4.52 Å². The minimum atomic E-state index is -0.135. The number of aromatic nitrogens is 3. The summed E-state index contributed by atoms with van der Waals surface area (Å²) >= 11 is 1.48. The number of thiazole rings is 1. The summed E-state index contributed by atoms with van der Waals surface area (Å²) in [5.74, 6) is 2.34. The SMILES string of the molecule is COc1ccc(OC)c([C@H](c2sc3nc(C)nn3c2O)N2CCCCC2)c1. The average Bonchev–Trinajstić information content (AvgIpc) is 3.20. The molecule has 1 saturated heterocycles. The molecule has 4 rings (SSSR count). The van der Waals surface area contributed by atoms with Crippen LogP contribution in [0, 0.1) is 6.92 Å². The fourth-order valence-corrected chi connectivity index (χ4v) is 4.91. The maximum atomic E-state index is 10.9. The Morgan fingerprint density at radius 2 is 1.93 bits per heavy atom.